The van der Waals surface area contributed by atoms with Gasteiger partial charge in [-0.1, -0.05) is 42.5 Å². The highest BCUT2D eigenvalue weighted by Gasteiger charge is 2.06. The SMILES string of the molecule is [c]1cccc2ccc(-c3cccc4ncccc34)nc12. The number of rotatable bonds is 1. The molecule has 2 heterocycles. The average Bonchev–Trinajstić information content (AvgIpc) is 2.54. The van der Waals surface area contributed by atoms with Gasteiger partial charge in [0.25, 0.3) is 0 Å². The third kappa shape index (κ3) is 1.74. The molecule has 2 aromatic carbocycles. The Morgan fingerprint density at radius 3 is 2.85 bits per heavy atom. The molecule has 2 heteroatoms. The van der Waals surface area contributed by atoms with Gasteiger partial charge in [-0.3, -0.25) is 4.98 Å². The zero-order chi connectivity index (χ0) is 13.4. The van der Waals surface area contributed by atoms with Crippen molar-refractivity contribution in [2.24, 2.45) is 0 Å². The summed E-state index contributed by atoms with van der Waals surface area (Å²) in [5, 5.41) is 2.23. The van der Waals surface area contributed by atoms with E-state index >= 15 is 0 Å². The molecule has 93 valence electrons. The van der Waals surface area contributed by atoms with Crippen molar-refractivity contribution in [3.8, 4) is 11.3 Å². The fourth-order valence-electron chi connectivity index (χ4n) is 2.48. The van der Waals surface area contributed by atoms with Crippen molar-refractivity contribution in [2.45, 2.75) is 0 Å². The molecule has 2 aromatic heterocycles. The van der Waals surface area contributed by atoms with Crippen LogP contribution in [-0.2, 0) is 0 Å². The molecular weight excluding hydrogens is 244 g/mol. The molecule has 0 bridgehead atoms. The molecule has 0 amide bonds. The van der Waals surface area contributed by atoms with Gasteiger partial charge in [0.15, 0.2) is 0 Å². The highest BCUT2D eigenvalue weighted by molar-refractivity contribution is 5.94. The third-order valence-electron chi connectivity index (χ3n) is 3.44. The lowest BCUT2D eigenvalue weighted by atomic mass is 10.0. The van der Waals surface area contributed by atoms with E-state index in [0.29, 0.717) is 0 Å². The van der Waals surface area contributed by atoms with Gasteiger partial charge < -0.3 is 0 Å². The van der Waals surface area contributed by atoms with Gasteiger partial charge in [-0.2, -0.15) is 0 Å². The van der Waals surface area contributed by atoms with Crippen molar-refractivity contribution in [3.05, 3.63) is 72.9 Å². The second-order valence-electron chi connectivity index (χ2n) is 4.68. The summed E-state index contributed by atoms with van der Waals surface area (Å²) in [6.45, 7) is 0. The summed E-state index contributed by atoms with van der Waals surface area (Å²) >= 11 is 0. The summed E-state index contributed by atoms with van der Waals surface area (Å²) in [5.74, 6) is 0. The lowest BCUT2D eigenvalue weighted by molar-refractivity contribution is 1.38. The molecule has 4 aromatic rings. The Labute approximate surface area is 116 Å². The molecule has 0 atom stereocenters. The molecule has 20 heavy (non-hydrogen) atoms. The van der Waals surface area contributed by atoms with Crippen molar-refractivity contribution in [1.29, 1.82) is 0 Å². The summed E-state index contributed by atoms with van der Waals surface area (Å²) in [6.07, 6.45) is 1.81. The molecule has 0 N–H and O–H groups in total. The van der Waals surface area contributed by atoms with Crippen LogP contribution in [0.5, 0.6) is 0 Å². The Bertz CT molecular complexity index is 908. The molecule has 0 spiro atoms. The van der Waals surface area contributed by atoms with Gasteiger partial charge >= 0.3 is 0 Å². The van der Waals surface area contributed by atoms with Gasteiger partial charge in [0.05, 0.1) is 16.7 Å². The number of nitrogens with zero attached hydrogens (tertiary/aromatic N) is 2. The summed E-state index contributed by atoms with van der Waals surface area (Å²) in [6, 6.07) is 23.4. The molecule has 2 nitrogen and oxygen atoms in total. The minimum atomic E-state index is 0.894. The number of hydrogen-bond donors (Lipinski definition) is 0. The van der Waals surface area contributed by atoms with E-state index in [1.54, 1.807) is 0 Å². The second-order valence-corrected chi connectivity index (χ2v) is 4.68. The van der Waals surface area contributed by atoms with Crippen LogP contribution in [0.2, 0.25) is 0 Å². The number of pyridine rings is 2. The van der Waals surface area contributed by atoms with E-state index in [4.69, 9.17) is 4.98 Å². The number of hydrogen-bond acceptors (Lipinski definition) is 2. The number of para-hydroxylation sites is 1. The standard InChI is InChI=1S/C18H11N2/c1-2-8-16-13(5-1)10-11-18(20-16)15-6-3-9-17-14(15)7-4-12-19-17/h1-7,9-12H. The van der Waals surface area contributed by atoms with Crippen LogP contribution in [-0.4, -0.2) is 9.97 Å². The average molecular weight is 255 g/mol. The first-order chi connectivity index (χ1) is 9.92. The zero-order valence-corrected chi connectivity index (χ0v) is 10.7. The van der Waals surface area contributed by atoms with Crippen LogP contribution in [0.3, 0.4) is 0 Å². The fraction of sp³-hybridized carbons (Fsp3) is 0. The van der Waals surface area contributed by atoms with Crippen LogP contribution >= 0.6 is 0 Å². The Hall–Kier alpha value is -2.74. The van der Waals surface area contributed by atoms with E-state index in [9.17, 15) is 0 Å². The Morgan fingerprint density at radius 2 is 1.85 bits per heavy atom. The Morgan fingerprint density at radius 1 is 0.850 bits per heavy atom. The normalized spacial score (nSPS) is 11.0. The van der Waals surface area contributed by atoms with E-state index < -0.39 is 0 Å². The molecule has 1 radical (unpaired) electrons. The van der Waals surface area contributed by atoms with E-state index in [-0.39, 0.29) is 0 Å². The van der Waals surface area contributed by atoms with Gasteiger partial charge in [0, 0.05) is 28.6 Å². The highest BCUT2D eigenvalue weighted by atomic mass is 14.7. The summed E-state index contributed by atoms with van der Waals surface area (Å²) in [4.78, 5) is 9.11. The van der Waals surface area contributed by atoms with Crippen molar-refractivity contribution in [3.63, 3.8) is 0 Å². The Balaban J connectivity index is 2.01. The quantitative estimate of drug-likeness (QED) is 0.508. The molecule has 0 aliphatic carbocycles. The number of aromatic nitrogens is 2. The van der Waals surface area contributed by atoms with Crippen molar-refractivity contribution < 1.29 is 0 Å². The van der Waals surface area contributed by atoms with Gasteiger partial charge in [-0.15, -0.1) is 0 Å². The van der Waals surface area contributed by atoms with Crippen LogP contribution in [0.1, 0.15) is 0 Å². The van der Waals surface area contributed by atoms with Crippen molar-refractivity contribution in [1.82, 2.24) is 9.97 Å². The smallest absolute Gasteiger partial charge is 0.0788 e. The van der Waals surface area contributed by atoms with Crippen LogP contribution < -0.4 is 0 Å². The maximum atomic E-state index is 4.71. The van der Waals surface area contributed by atoms with Gasteiger partial charge in [-0.25, -0.2) is 4.98 Å². The van der Waals surface area contributed by atoms with Gasteiger partial charge in [0.2, 0.25) is 0 Å². The van der Waals surface area contributed by atoms with E-state index in [1.807, 2.05) is 42.6 Å². The molecule has 0 unspecified atom stereocenters. The molecular formula is C18H11N2. The largest absolute Gasteiger partial charge is 0.256 e. The van der Waals surface area contributed by atoms with Crippen LogP contribution in [0.15, 0.2) is 66.9 Å². The fourth-order valence-corrected chi connectivity index (χ4v) is 2.48. The Kier molecular flexibility index (Phi) is 2.46. The molecule has 0 saturated heterocycles. The first-order valence-corrected chi connectivity index (χ1v) is 6.53. The van der Waals surface area contributed by atoms with Gasteiger partial charge in [-0.05, 0) is 18.2 Å². The van der Waals surface area contributed by atoms with E-state index in [0.717, 1.165) is 33.1 Å². The molecule has 0 aliphatic heterocycles. The molecule has 0 fully saturated rings. The number of benzene rings is 2. The monoisotopic (exact) mass is 255 g/mol. The first-order valence-electron chi connectivity index (χ1n) is 6.53. The highest BCUT2D eigenvalue weighted by Crippen LogP contribution is 2.27. The summed E-state index contributed by atoms with van der Waals surface area (Å²) < 4.78 is 0. The van der Waals surface area contributed by atoms with Crippen LogP contribution in [0.25, 0.3) is 33.1 Å². The first kappa shape index (κ1) is 11.1. The molecule has 4 rings (SSSR count). The third-order valence-corrected chi connectivity index (χ3v) is 3.44. The van der Waals surface area contributed by atoms with Crippen molar-refractivity contribution >= 4 is 21.8 Å². The lowest BCUT2D eigenvalue weighted by Crippen LogP contribution is -1.87. The maximum Gasteiger partial charge on any atom is 0.0788 e. The van der Waals surface area contributed by atoms with Gasteiger partial charge in [0.1, 0.15) is 0 Å². The molecule has 0 saturated carbocycles. The molecule has 0 aliphatic rings. The predicted octanol–water partition coefficient (Wildman–Crippen LogP) is 4.25. The topological polar surface area (TPSA) is 25.8 Å². The van der Waals surface area contributed by atoms with Crippen LogP contribution in [0, 0.1) is 6.07 Å². The van der Waals surface area contributed by atoms with Crippen molar-refractivity contribution in [2.75, 3.05) is 0 Å². The predicted molar refractivity (Wildman–Crippen MR) is 81.3 cm³/mol. The zero-order valence-electron chi connectivity index (χ0n) is 10.7. The van der Waals surface area contributed by atoms with E-state index in [2.05, 4.69) is 35.3 Å². The summed E-state index contributed by atoms with van der Waals surface area (Å²) in [5.41, 5.74) is 3.95. The van der Waals surface area contributed by atoms with Crippen LogP contribution in [0.4, 0.5) is 0 Å². The minimum Gasteiger partial charge on any atom is -0.256 e. The summed E-state index contributed by atoms with van der Waals surface area (Å²) in [7, 11) is 0. The second kappa shape index (κ2) is 4.42. The lowest BCUT2D eigenvalue weighted by Gasteiger charge is -2.06. The maximum absolute atomic E-state index is 4.71. The number of fused-ring (bicyclic) bond motifs is 2. The van der Waals surface area contributed by atoms with E-state index in [1.165, 1.54) is 0 Å². The minimum absolute atomic E-state index is 0.894.